The Hall–Kier alpha value is -0.570. The molecule has 0 amide bonds. The predicted molar refractivity (Wildman–Crippen MR) is 45.2 cm³/mol. The normalized spacial score (nSPS) is 9.62. The Morgan fingerprint density at radius 3 is 2.69 bits per heavy atom. The average Bonchev–Trinajstić information content (AvgIpc) is 2.01. The first-order valence-electron chi connectivity index (χ1n) is 3.64. The topological polar surface area (TPSA) is 40.1 Å². The molecular weight excluding hydrogens is 175 g/mol. The van der Waals surface area contributed by atoms with E-state index >= 15 is 0 Å². The number of carbonyl (C=O) groups excluding carboxylic acids is 1. The van der Waals surface area contributed by atoms with Gasteiger partial charge in [-0.3, -0.25) is 0 Å². The van der Waals surface area contributed by atoms with Crippen LogP contribution in [0.4, 0.5) is 0 Å². The molecule has 0 saturated carbocycles. The molecule has 0 fully saturated rings. The molecule has 1 aromatic carbocycles. The zero-order valence-corrected chi connectivity index (χ0v) is 9.78. The van der Waals surface area contributed by atoms with Gasteiger partial charge >= 0.3 is 29.6 Å². The molecule has 0 aromatic heterocycles. The van der Waals surface area contributed by atoms with Crippen molar-refractivity contribution < 1.29 is 39.5 Å². The van der Waals surface area contributed by atoms with E-state index in [-0.39, 0.29) is 29.6 Å². The van der Waals surface area contributed by atoms with E-state index in [1.54, 1.807) is 0 Å². The second-order valence-electron chi connectivity index (χ2n) is 2.57. The van der Waals surface area contributed by atoms with Crippen LogP contribution in [0, 0.1) is 6.92 Å². The van der Waals surface area contributed by atoms with Crippen LogP contribution in [0.2, 0.25) is 0 Å². The number of aliphatic carboxylic acids is 1. The third-order valence-corrected chi connectivity index (χ3v) is 1.45. The van der Waals surface area contributed by atoms with Gasteiger partial charge in [0.25, 0.3) is 0 Å². The van der Waals surface area contributed by atoms with E-state index in [2.05, 4.69) is 0 Å². The summed E-state index contributed by atoms with van der Waals surface area (Å²) in [6.45, 7) is 1.95. The molecule has 0 spiro atoms. The van der Waals surface area contributed by atoms with E-state index in [1.807, 2.05) is 31.2 Å². The molecule has 13 heavy (non-hydrogen) atoms. The van der Waals surface area contributed by atoms with Gasteiger partial charge in [0.15, 0.2) is 0 Å². The Balaban J connectivity index is 0.00000144. The summed E-state index contributed by atoms with van der Waals surface area (Å²) in [5.74, 6) is -1.17. The van der Waals surface area contributed by atoms with E-state index in [9.17, 15) is 9.90 Å². The zero-order valence-electron chi connectivity index (χ0n) is 7.78. The number of rotatable bonds is 2. The molecule has 2 nitrogen and oxygen atoms in total. The zero-order chi connectivity index (χ0) is 8.97. The van der Waals surface area contributed by atoms with Crippen molar-refractivity contribution in [1.82, 2.24) is 0 Å². The van der Waals surface area contributed by atoms with E-state index < -0.39 is 5.97 Å². The number of aryl methyl sites for hydroxylation is 1. The molecule has 0 atom stereocenters. The molecule has 0 saturated heterocycles. The molecule has 0 bridgehead atoms. The second-order valence-corrected chi connectivity index (χ2v) is 2.57. The monoisotopic (exact) mass is 184 g/mol. The van der Waals surface area contributed by atoms with Crippen LogP contribution in [0.5, 0.6) is 0 Å². The van der Waals surface area contributed by atoms with Crippen LogP contribution in [0.15, 0.2) is 30.3 Å². The van der Waals surface area contributed by atoms with Gasteiger partial charge < -0.3 is 9.90 Å². The van der Waals surface area contributed by atoms with Gasteiger partial charge in [-0.1, -0.05) is 35.9 Å². The maximum Gasteiger partial charge on any atom is 1.00 e. The first-order chi connectivity index (χ1) is 5.68. The van der Waals surface area contributed by atoms with Crippen molar-refractivity contribution in [3.8, 4) is 0 Å². The summed E-state index contributed by atoms with van der Waals surface area (Å²) < 4.78 is 0. The van der Waals surface area contributed by atoms with E-state index in [4.69, 9.17) is 0 Å². The summed E-state index contributed by atoms with van der Waals surface area (Å²) >= 11 is 0. The van der Waals surface area contributed by atoms with Crippen molar-refractivity contribution in [1.29, 1.82) is 0 Å². The van der Waals surface area contributed by atoms with Crippen molar-refractivity contribution in [3.63, 3.8) is 0 Å². The van der Waals surface area contributed by atoms with Crippen LogP contribution in [-0.2, 0) is 4.79 Å². The van der Waals surface area contributed by atoms with Crippen LogP contribution >= 0.6 is 0 Å². The Morgan fingerprint density at radius 1 is 1.46 bits per heavy atom. The molecule has 3 heteroatoms. The summed E-state index contributed by atoms with van der Waals surface area (Å²) in [6, 6.07) is 7.58. The molecule has 62 valence electrons. The van der Waals surface area contributed by atoms with Crippen molar-refractivity contribution in [2.75, 3.05) is 0 Å². The van der Waals surface area contributed by atoms with Gasteiger partial charge in [-0.25, -0.2) is 0 Å². The molecule has 1 rings (SSSR count). The minimum atomic E-state index is -1.17. The third-order valence-electron chi connectivity index (χ3n) is 1.45. The smallest absolute Gasteiger partial charge is 0.545 e. The van der Waals surface area contributed by atoms with Gasteiger partial charge in [0, 0.05) is 0 Å². The number of hydrogen-bond acceptors (Lipinski definition) is 2. The minimum absolute atomic E-state index is 0. The number of hydrogen-bond donors (Lipinski definition) is 0. The van der Waals surface area contributed by atoms with Crippen molar-refractivity contribution in [2.24, 2.45) is 0 Å². The first kappa shape index (κ1) is 12.4. The molecular formula is C10H9NaO2. The molecule has 0 aliphatic heterocycles. The van der Waals surface area contributed by atoms with Crippen LogP contribution in [0.3, 0.4) is 0 Å². The fraction of sp³-hybridized carbons (Fsp3) is 0.100. The summed E-state index contributed by atoms with van der Waals surface area (Å²) in [7, 11) is 0. The molecule has 0 N–H and O–H groups in total. The molecule has 1 aromatic rings. The molecule has 0 aliphatic carbocycles. The van der Waals surface area contributed by atoms with Crippen LogP contribution in [-0.4, -0.2) is 5.97 Å². The molecule has 0 aliphatic rings. The molecule has 0 unspecified atom stereocenters. The maximum atomic E-state index is 10.1. The summed E-state index contributed by atoms with van der Waals surface area (Å²) in [5, 5.41) is 10.1. The Morgan fingerprint density at radius 2 is 2.15 bits per heavy atom. The van der Waals surface area contributed by atoms with Gasteiger partial charge in [0.1, 0.15) is 0 Å². The van der Waals surface area contributed by atoms with E-state index in [0.717, 1.165) is 17.2 Å². The number of carboxylic acid groups (broad SMARTS) is 1. The standard InChI is InChI=1S/C10H10O2.Na/c1-8-3-2-4-9(7-8)5-6-10(11)12;/h2-7H,1H3,(H,11,12);/q;+1/p-1. The SMILES string of the molecule is Cc1cccc(C=CC(=O)[O-])c1.[Na+]. The Labute approximate surface area is 99.6 Å². The fourth-order valence-electron chi connectivity index (χ4n) is 0.938. The Bertz CT molecular complexity index is 318. The van der Waals surface area contributed by atoms with Crippen molar-refractivity contribution in [2.45, 2.75) is 6.92 Å². The van der Waals surface area contributed by atoms with Crippen LogP contribution < -0.4 is 34.7 Å². The third kappa shape index (κ3) is 4.88. The number of benzene rings is 1. The van der Waals surface area contributed by atoms with Gasteiger partial charge in [-0.05, 0) is 18.6 Å². The van der Waals surface area contributed by atoms with E-state index in [1.165, 1.54) is 6.08 Å². The van der Waals surface area contributed by atoms with Crippen LogP contribution in [0.1, 0.15) is 11.1 Å². The first-order valence-corrected chi connectivity index (χ1v) is 3.64. The average molecular weight is 184 g/mol. The van der Waals surface area contributed by atoms with Crippen LogP contribution in [0.25, 0.3) is 6.08 Å². The van der Waals surface area contributed by atoms with Gasteiger partial charge in [0.05, 0.1) is 5.97 Å². The number of carboxylic acids is 1. The summed E-state index contributed by atoms with van der Waals surface area (Å²) in [5.41, 5.74) is 1.98. The van der Waals surface area contributed by atoms with Crippen molar-refractivity contribution >= 4 is 12.0 Å². The predicted octanol–water partition coefficient (Wildman–Crippen LogP) is -2.24. The van der Waals surface area contributed by atoms with E-state index in [0.29, 0.717) is 0 Å². The summed E-state index contributed by atoms with van der Waals surface area (Å²) in [4.78, 5) is 10.1. The fourth-order valence-corrected chi connectivity index (χ4v) is 0.938. The maximum absolute atomic E-state index is 10.1. The minimum Gasteiger partial charge on any atom is -0.545 e. The largest absolute Gasteiger partial charge is 1.00 e. The Kier molecular flexibility index (Phi) is 5.71. The molecule has 0 radical (unpaired) electrons. The quantitative estimate of drug-likeness (QED) is 0.385. The van der Waals surface area contributed by atoms with Gasteiger partial charge in [-0.2, -0.15) is 0 Å². The van der Waals surface area contributed by atoms with Crippen molar-refractivity contribution in [3.05, 3.63) is 41.5 Å². The van der Waals surface area contributed by atoms with Gasteiger partial charge in [-0.15, -0.1) is 0 Å². The summed E-state index contributed by atoms with van der Waals surface area (Å²) in [6.07, 6.45) is 2.54. The number of carbonyl (C=O) groups is 1. The van der Waals surface area contributed by atoms with Gasteiger partial charge in [0.2, 0.25) is 0 Å². The molecule has 0 heterocycles. The second kappa shape index (κ2) is 5.97.